The molecule has 0 aromatic heterocycles. The molecule has 0 radical (unpaired) electrons. The third-order valence-electron chi connectivity index (χ3n) is 4.99. The average Bonchev–Trinajstić information content (AvgIpc) is 2.80. The van der Waals surface area contributed by atoms with Crippen LogP contribution in [-0.2, 0) is 16.0 Å². The fourth-order valence-electron chi connectivity index (χ4n) is 3.41. The number of hydrogen-bond donors (Lipinski definition) is 2. The molecule has 158 valence electrons. The highest BCUT2D eigenvalue weighted by molar-refractivity contribution is 5.92. The van der Waals surface area contributed by atoms with Crippen molar-refractivity contribution in [2.45, 2.75) is 18.4 Å². The summed E-state index contributed by atoms with van der Waals surface area (Å²) in [6, 6.07) is 23.9. The zero-order chi connectivity index (χ0) is 22.2. The summed E-state index contributed by atoms with van der Waals surface area (Å²) in [6.07, 6.45) is 0.208. The molecule has 0 bridgehead atoms. The second-order valence-electron chi connectivity index (χ2n) is 7.06. The molecule has 0 aliphatic rings. The van der Waals surface area contributed by atoms with Crippen LogP contribution in [0.15, 0.2) is 84.9 Å². The second-order valence-corrected chi connectivity index (χ2v) is 7.06. The number of hydrogen-bond acceptors (Lipinski definition) is 4. The minimum atomic E-state index is -0.825. The Balaban J connectivity index is 1.85. The van der Waals surface area contributed by atoms with Crippen molar-refractivity contribution in [3.63, 3.8) is 0 Å². The predicted molar refractivity (Wildman–Crippen MR) is 118 cm³/mol. The van der Waals surface area contributed by atoms with Crippen LogP contribution in [0.5, 0.6) is 0 Å². The van der Waals surface area contributed by atoms with Gasteiger partial charge in [-0.15, -0.1) is 0 Å². The third kappa shape index (κ3) is 5.54. The van der Waals surface area contributed by atoms with E-state index in [1.165, 1.54) is 19.2 Å². The van der Waals surface area contributed by atoms with Crippen molar-refractivity contribution in [2.24, 2.45) is 0 Å². The van der Waals surface area contributed by atoms with E-state index < -0.39 is 16.9 Å². The number of benzene rings is 3. The number of rotatable bonds is 8. The third-order valence-corrected chi connectivity index (χ3v) is 4.99. The maximum atomic E-state index is 13.3. The summed E-state index contributed by atoms with van der Waals surface area (Å²) >= 11 is 0. The van der Waals surface area contributed by atoms with E-state index >= 15 is 0 Å². The van der Waals surface area contributed by atoms with Crippen LogP contribution >= 0.6 is 0 Å². The number of amides is 2. The zero-order valence-electron chi connectivity index (χ0n) is 17.0. The normalized spacial score (nSPS) is 11.5. The summed E-state index contributed by atoms with van der Waals surface area (Å²) in [5.74, 6) is -1.22. The second kappa shape index (κ2) is 10.2. The lowest BCUT2D eigenvalue weighted by Crippen LogP contribution is -2.48. The van der Waals surface area contributed by atoms with Crippen molar-refractivity contribution >= 4 is 17.5 Å². The van der Waals surface area contributed by atoms with Crippen LogP contribution in [0, 0.1) is 10.1 Å². The van der Waals surface area contributed by atoms with Crippen LogP contribution in [0.3, 0.4) is 0 Å². The number of carbonyl (C=O) groups excluding carboxylic acids is 2. The molecule has 0 aliphatic heterocycles. The molecule has 3 aromatic rings. The molecule has 2 amide bonds. The Morgan fingerprint density at radius 3 is 1.81 bits per heavy atom. The number of nitrogens with one attached hydrogen (secondary N) is 2. The molecule has 7 nitrogen and oxygen atoms in total. The Morgan fingerprint density at radius 2 is 1.35 bits per heavy atom. The molecule has 31 heavy (non-hydrogen) atoms. The summed E-state index contributed by atoms with van der Waals surface area (Å²) in [5, 5.41) is 16.3. The monoisotopic (exact) mass is 417 g/mol. The van der Waals surface area contributed by atoms with Gasteiger partial charge in [-0.1, -0.05) is 72.8 Å². The van der Waals surface area contributed by atoms with Crippen molar-refractivity contribution in [1.29, 1.82) is 0 Å². The highest BCUT2D eigenvalue weighted by atomic mass is 16.6. The SMILES string of the molecule is CNC(=O)[C@@H](Cc1ccc([N+](=O)[O-])cc1)NC(=O)C(c1ccccc1)c1ccccc1. The molecule has 0 saturated heterocycles. The molecule has 2 N–H and O–H groups in total. The molecule has 0 aliphatic carbocycles. The topological polar surface area (TPSA) is 101 Å². The maximum Gasteiger partial charge on any atom is 0.269 e. The van der Waals surface area contributed by atoms with Crippen LogP contribution in [0.4, 0.5) is 5.69 Å². The largest absolute Gasteiger partial charge is 0.357 e. The average molecular weight is 417 g/mol. The minimum absolute atomic E-state index is 0.0301. The lowest BCUT2D eigenvalue weighted by molar-refractivity contribution is -0.384. The van der Waals surface area contributed by atoms with Gasteiger partial charge in [0.25, 0.3) is 5.69 Å². The fourth-order valence-corrected chi connectivity index (χ4v) is 3.41. The Bertz CT molecular complexity index is 998. The van der Waals surface area contributed by atoms with Gasteiger partial charge in [0.05, 0.1) is 10.8 Å². The Kier molecular flexibility index (Phi) is 7.11. The van der Waals surface area contributed by atoms with Gasteiger partial charge in [0.15, 0.2) is 0 Å². The molecule has 0 saturated carbocycles. The smallest absolute Gasteiger partial charge is 0.269 e. The molecule has 0 fully saturated rings. The van der Waals surface area contributed by atoms with Gasteiger partial charge in [-0.25, -0.2) is 0 Å². The van der Waals surface area contributed by atoms with E-state index in [9.17, 15) is 19.7 Å². The van der Waals surface area contributed by atoms with Crippen molar-refractivity contribution in [3.05, 3.63) is 112 Å². The number of non-ortho nitro benzene ring substituents is 1. The quantitative estimate of drug-likeness (QED) is 0.434. The summed E-state index contributed by atoms with van der Waals surface area (Å²) in [5.41, 5.74) is 2.31. The van der Waals surface area contributed by atoms with Crippen molar-refractivity contribution in [3.8, 4) is 0 Å². The summed E-state index contributed by atoms with van der Waals surface area (Å²) in [7, 11) is 1.50. The Hall–Kier alpha value is -4.00. The minimum Gasteiger partial charge on any atom is -0.357 e. The summed E-state index contributed by atoms with van der Waals surface area (Å²) in [6.45, 7) is 0. The Morgan fingerprint density at radius 1 is 0.839 bits per heavy atom. The van der Waals surface area contributed by atoms with Crippen molar-refractivity contribution in [2.75, 3.05) is 7.05 Å². The highest BCUT2D eigenvalue weighted by Gasteiger charge is 2.27. The number of nitro groups is 1. The predicted octanol–water partition coefficient (Wildman–Crippen LogP) is 3.20. The van der Waals surface area contributed by atoms with E-state index in [0.717, 1.165) is 11.1 Å². The van der Waals surface area contributed by atoms with Crippen LogP contribution in [0.1, 0.15) is 22.6 Å². The van der Waals surface area contributed by atoms with Gasteiger partial charge in [0, 0.05) is 25.6 Å². The molecular weight excluding hydrogens is 394 g/mol. The maximum absolute atomic E-state index is 13.3. The van der Waals surface area contributed by atoms with E-state index in [4.69, 9.17) is 0 Å². The van der Waals surface area contributed by atoms with E-state index in [1.807, 2.05) is 60.7 Å². The van der Waals surface area contributed by atoms with Gasteiger partial charge in [0.1, 0.15) is 6.04 Å². The van der Waals surface area contributed by atoms with Crippen LogP contribution in [0.2, 0.25) is 0 Å². The first kappa shape index (κ1) is 21.7. The van der Waals surface area contributed by atoms with Gasteiger partial charge in [-0.2, -0.15) is 0 Å². The molecule has 3 rings (SSSR count). The van der Waals surface area contributed by atoms with E-state index in [2.05, 4.69) is 10.6 Å². The molecule has 0 heterocycles. The van der Waals surface area contributed by atoms with Crippen molar-refractivity contribution < 1.29 is 14.5 Å². The van der Waals surface area contributed by atoms with E-state index in [0.29, 0.717) is 5.56 Å². The fraction of sp³-hybridized carbons (Fsp3) is 0.167. The summed E-state index contributed by atoms with van der Waals surface area (Å²) in [4.78, 5) is 36.2. The van der Waals surface area contributed by atoms with Crippen molar-refractivity contribution in [1.82, 2.24) is 10.6 Å². The Labute approximate surface area is 180 Å². The lowest BCUT2D eigenvalue weighted by atomic mass is 9.90. The molecule has 0 unspecified atom stereocenters. The molecule has 1 atom stereocenters. The van der Waals surface area contributed by atoms with E-state index in [-0.39, 0.29) is 23.9 Å². The van der Waals surface area contributed by atoms with Crippen LogP contribution in [-0.4, -0.2) is 29.8 Å². The molecule has 7 heteroatoms. The molecule has 0 spiro atoms. The first-order valence-corrected chi connectivity index (χ1v) is 9.84. The molecular formula is C24H23N3O4. The van der Waals surface area contributed by atoms with E-state index in [1.54, 1.807) is 12.1 Å². The summed E-state index contributed by atoms with van der Waals surface area (Å²) < 4.78 is 0. The zero-order valence-corrected chi connectivity index (χ0v) is 17.0. The number of nitrogens with zero attached hydrogens (tertiary/aromatic N) is 1. The number of carbonyl (C=O) groups is 2. The lowest BCUT2D eigenvalue weighted by Gasteiger charge is -2.23. The van der Waals surface area contributed by atoms with Gasteiger partial charge in [-0.3, -0.25) is 19.7 Å². The standard InChI is InChI=1S/C24H23N3O4/c1-25-23(28)21(16-17-12-14-20(15-13-17)27(30)31)26-24(29)22(18-8-4-2-5-9-18)19-10-6-3-7-11-19/h2-15,21-22H,16H2,1H3,(H,25,28)(H,26,29)/t21-/m1/s1. The first-order chi connectivity index (χ1) is 15.0. The number of likely N-dealkylation sites (N-methyl/N-ethyl adjacent to an activating group) is 1. The van der Waals surface area contributed by atoms with Gasteiger partial charge in [-0.05, 0) is 16.7 Å². The highest BCUT2D eigenvalue weighted by Crippen LogP contribution is 2.25. The number of nitro benzene ring substituents is 1. The van der Waals surface area contributed by atoms with Gasteiger partial charge < -0.3 is 10.6 Å². The van der Waals surface area contributed by atoms with Crippen LogP contribution < -0.4 is 10.6 Å². The van der Waals surface area contributed by atoms with Gasteiger partial charge >= 0.3 is 0 Å². The molecule has 3 aromatic carbocycles. The van der Waals surface area contributed by atoms with Crippen LogP contribution in [0.25, 0.3) is 0 Å². The van der Waals surface area contributed by atoms with Gasteiger partial charge in [0.2, 0.25) is 11.8 Å². The first-order valence-electron chi connectivity index (χ1n) is 9.84.